The highest BCUT2D eigenvalue weighted by Crippen LogP contribution is 2.30. The molecule has 29 heavy (non-hydrogen) atoms. The smallest absolute Gasteiger partial charge is 0.338 e. The van der Waals surface area contributed by atoms with E-state index in [1.54, 1.807) is 0 Å². The monoisotopic (exact) mass is 422 g/mol. The van der Waals surface area contributed by atoms with Gasteiger partial charge in [0.2, 0.25) is 0 Å². The van der Waals surface area contributed by atoms with Crippen molar-refractivity contribution in [3.05, 3.63) is 63.7 Å². The molecule has 0 saturated carbocycles. The number of esters is 2. The Kier molecular flexibility index (Phi) is 6.54. The van der Waals surface area contributed by atoms with Crippen molar-refractivity contribution >= 4 is 33.3 Å². The molecule has 0 amide bonds. The normalized spacial score (nSPS) is 10.9. The first kappa shape index (κ1) is 21.8. The number of methoxy groups -OCH3 is 2. The average molecular weight is 422 g/mol. The minimum Gasteiger partial charge on any atom is -0.468 e. The van der Waals surface area contributed by atoms with Gasteiger partial charge in [0.15, 0.2) is 0 Å². The number of sulfonamides is 1. The van der Waals surface area contributed by atoms with Crippen molar-refractivity contribution < 1.29 is 32.4 Å². The summed E-state index contributed by atoms with van der Waals surface area (Å²) in [5, 5.41) is 10.8. The summed E-state index contributed by atoms with van der Waals surface area (Å²) in [5.74, 6) is -1.51. The second-order valence-corrected chi connectivity index (χ2v) is 7.64. The fraction of sp³-hybridized carbons (Fsp3) is 0.222. The Balaban J connectivity index is 2.63. The van der Waals surface area contributed by atoms with Crippen LogP contribution in [0.2, 0.25) is 0 Å². The zero-order valence-electron chi connectivity index (χ0n) is 15.8. The zero-order valence-corrected chi connectivity index (χ0v) is 16.6. The first-order valence-electron chi connectivity index (χ1n) is 8.15. The van der Waals surface area contributed by atoms with Gasteiger partial charge in [-0.2, -0.15) is 0 Å². The molecule has 0 heterocycles. The van der Waals surface area contributed by atoms with Gasteiger partial charge in [-0.3, -0.25) is 19.2 Å². The summed E-state index contributed by atoms with van der Waals surface area (Å²) in [6.45, 7) is 0.846. The first-order valence-corrected chi connectivity index (χ1v) is 9.59. The van der Waals surface area contributed by atoms with Crippen molar-refractivity contribution in [2.75, 3.05) is 25.1 Å². The quantitative estimate of drug-likeness (QED) is 0.376. The van der Waals surface area contributed by atoms with Crippen molar-refractivity contribution in [1.29, 1.82) is 0 Å². The van der Waals surface area contributed by atoms with Gasteiger partial charge >= 0.3 is 11.9 Å². The number of benzene rings is 2. The number of nitrogens with zero attached hydrogens (tertiary/aromatic N) is 2. The number of hydrogen-bond donors (Lipinski definition) is 0. The van der Waals surface area contributed by atoms with Gasteiger partial charge < -0.3 is 9.47 Å². The summed E-state index contributed by atoms with van der Waals surface area (Å²) in [6.07, 6.45) is 0. The van der Waals surface area contributed by atoms with E-state index >= 15 is 0 Å². The van der Waals surface area contributed by atoms with Crippen LogP contribution in [-0.2, 0) is 24.3 Å². The summed E-state index contributed by atoms with van der Waals surface area (Å²) in [5.41, 5.74) is 0.177. The second kappa shape index (κ2) is 8.69. The van der Waals surface area contributed by atoms with E-state index in [-0.39, 0.29) is 27.4 Å². The van der Waals surface area contributed by atoms with Crippen LogP contribution in [0.25, 0.3) is 0 Å². The Morgan fingerprint density at radius 3 is 2.21 bits per heavy atom. The average Bonchev–Trinajstić information content (AvgIpc) is 2.71. The lowest BCUT2D eigenvalue weighted by Crippen LogP contribution is -2.37. The highest BCUT2D eigenvalue weighted by Gasteiger charge is 2.30. The molecule has 0 aromatic heterocycles. The molecule has 0 atom stereocenters. The highest BCUT2D eigenvalue weighted by atomic mass is 32.2. The number of anilines is 1. The lowest BCUT2D eigenvalue weighted by molar-refractivity contribution is -0.384. The predicted octanol–water partition coefficient (Wildman–Crippen LogP) is 2.06. The molecule has 2 aromatic carbocycles. The van der Waals surface area contributed by atoms with E-state index in [1.165, 1.54) is 32.2 Å². The van der Waals surface area contributed by atoms with E-state index in [0.717, 1.165) is 35.7 Å². The van der Waals surface area contributed by atoms with Crippen LogP contribution in [0.15, 0.2) is 47.4 Å². The molecule has 0 aliphatic carbocycles. The summed E-state index contributed by atoms with van der Waals surface area (Å²) < 4.78 is 36.5. The predicted molar refractivity (Wildman–Crippen MR) is 102 cm³/mol. The minimum atomic E-state index is -4.32. The second-order valence-electron chi connectivity index (χ2n) is 5.78. The lowest BCUT2D eigenvalue weighted by Gasteiger charge is -2.25. The van der Waals surface area contributed by atoms with Crippen LogP contribution in [0, 0.1) is 17.0 Å². The Hall–Kier alpha value is -3.47. The largest absolute Gasteiger partial charge is 0.468 e. The van der Waals surface area contributed by atoms with Crippen LogP contribution in [0.1, 0.15) is 15.9 Å². The van der Waals surface area contributed by atoms with Crippen molar-refractivity contribution in [2.45, 2.75) is 11.8 Å². The van der Waals surface area contributed by atoms with E-state index in [1.807, 2.05) is 0 Å². The van der Waals surface area contributed by atoms with E-state index in [0.29, 0.717) is 0 Å². The van der Waals surface area contributed by atoms with Gasteiger partial charge in [-0.1, -0.05) is 6.07 Å². The van der Waals surface area contributed by atoms with E-state index in [4.69, 9.17) is 4.74 Å². The minimum absolute atomic E-state index is 0.0663. The molecule has 0 spiro atoms. The number of rotatable bonds is 7. The van der Waals surface area contributed by atoms with Crippen molar-refractivity contribution in [3.63, 3.8) is 0 Å². The molecular formula is C18H18N2O8S. The van der Waals surface area contributed by atoms with Gasteiger partial charge in [0.25, 0.3) is 15.7 Å². The molecule has 0 N–H and O–H groups in total. The third kappa shape index (κ3) is 4.51. The summed E-state index contributed by atoms with van der Waals surface area (Å²) in [4.78, 5) is 33.7. The Morgan fingerprint density at radius 1 is 1.07 bits per heavy atom. The fourth-order valence-electron chi connectivity index (χ4n) is 2.57. The molecule has 154 valence electrons. The molecule has 0 aliphatic rings. The van der Waals surface area contributed by atoms with Crippen molar-refractivity contribution in [1.82, 2.24) is 0 Å². The van der Waals surface area contributed by atoms with Crippen molar-refractivity contribution in [2.24, 2.45) is 0 Å². The van der Waals surface area contributed by atoms with Gasteiger partial charge in [0.05, 0.1) is 35.3 Å². The summed E-state index contributed by atoms with van der Waals surface area (Å²) in [6, 6.07) is 8.55. The van der Waals surface area contributed by atoms with E-state index in [9.17, 15) is 28.1 Å². The number of ether oxygens (including phenoxy) is 2. The van der Waals surface area contributed by atoms with Gasteiger partial charge in [-0.25, -0.2) is 13.2 Å². The molecule has 11 heteroatoms. The lowest BCUT2D eigenvalue weighted by atomic mass is 10.1. The van der Waals surface area contributed by atoms with Crippen LogP contribution in [0.3, 0.4) is 0 Å². The molecule has 0 saturated heterocycles. The van der Waals surface area contributed by atoms with Crippen LogP contribution < -0.4 is 4.31 Å². The van der Waals surface area contributed by atoms with Crippen LogP contribution in [-0.4, -0.2) is 46.0 Å². The molecule has 0 fully saturated rings. The topological polar surface area (TPSA) is 133 Å². The number of carbonyl (C=O) groups is 2. The van der Waals surface area contributed by atoms with Gasteiger partial charge in [-0.05, 0) is 36.8 Å². The van der Waals surface area contributed by atoms with Gasteiger partial charge in [0.1, 0.15) is 6.54 Å². The maximum atomic E-state index is 13.2. The molecule has 2 rings (SSSR count). The number of hydrogen-bond acceptors (Lipinski definition) is 8. The maximum Gasteiger partial charge on any atom is 0.338 e. The van der Waals surface area contributed by atoms with Crippen LogP contribution >= 0.6 is 0 Å². The Bertz CT molecular complexity index is 1050. The number of carbonyl (C=O) groups excluding carboxylic acids is 2. The molecule has 0 radical (unpaired) electrons. The first-order chi connectivity index (χ1) is 13.6. The van der Waals surface area contributed by atoms with E-state index in [2.05, 4.69) is 4.74 Å². The SMILES string of the molecule is COC(=O)CN(c1cccc(C(=O)OC)c1C)S(=O)(=O)c1ccc([N+](=O)[O-])cc1. The Labute approximate surface area is 166 Å². The summed E-state index contributed by atoms with van der Waals surface area (Å²) >= 11 is 0. The molecule has 0 aliphatic heterocycles. The molecule has 0 unspecified atom stereocenters. The maximum absolute atomic E-state index is 13.2. The molecule has 0 bridgehead atoms. The highest BCUT2D eigenvalue weighted by molar-refractivity contribution is 7.92. The van der Waals surface area contributed by atoms with Crippen molar-refractivity contribution in [3.8, 4) is 0 Å². The van der Waals surface area contributed by atoms with Gasteiger partial charge in [-0.15, -0.1) is 0 Å². The fourth-order valence-corrected chi connectivity index (χ4v) is 4.04. The zero-order chi connectivity index (χ0) is 21.8. The third-order valence-corrected chi connectivity index (χ3v) is 5.89. The number of nitro groups is 1. The van der Waals surface area contributed by atoms with Crippen LogP contribution in [0.5, 0.6) is 0 Å². The van der Waals surface area contributed by atoms with E-state index < -0.39 is 33.4 Å². The number of nitro benzene ring substituents is 1. The molecule has 10 nitrogen and oxygen atoms in total. The summed E-state index contributed by atoms with van der Waals surface area (Å²) in [7, 11) is -2.02. The standard InChI is InChI=1S/C18H18N2O8S/c1-12-15(18(22)28-3)5-4-6-16(12)19(11-17(21)27-2)29(25,26)14-9-7-13(8-10-14)20(23)24/h4-10H,11H2,1-3H3. The molecular weight excluding hydrogens is 404 g/mol. The number of non-ortho nitro benzene ring substituents is 1. The third-order valence-electron chi connectivity index (χ3n) is 4.12. The molecule has 2 aromatic rings. The van der Waals surface area contributed by atoms with Crippen LogP contribution in [0.4, 0.5) is 11.4 Å². The Morgan fingerprint density at radius 2 is 1.69 bits per heavy atom. The van der Waals surface area contributed by atoms with Gasteiger partial charge in [0, 0.05) is 12.1 Å².